The van der Waals surface area contributed by atoms with Gasteiger partial charge in [0.25, 0.3) is 5.91 Å². The molecule has 5 nitrogen and oxygen atoms in total. The van der Waals surface area contributed by atoms with E-state index in [1.165, 1.54) is 4.90 Å². The first-order chi connectivity index (χ1) is 10.1. The van der Waals surface area contributed by atoms with Crippen molar-refractivity contribution in [1.82, 2.24) is 5.32 Å². The van der Waals surface area contributed by atoms with E-state index < -0.39 is 0 Å². The van der Waals surface area contributed by atoms with Gasteiger partial charge in [-0.05, 0) is 26.0 Å². The van der Waals surface area contributed by atoms with E-state index in [2.05, 4.69) is 12.2 Å². The smallest absolute Gasteiger partial charge is 0.275 e. The SMILES string of the molecule is CCNC(=O)C[NH+](CC)Cc1cc(Cl)cc2c1OCOC2. The lowest BCUT2D eigenvalue weighted by atomic mass is 10.1. The number of halogens is 1. The van der Waals surface area contributed by atoms with Crippen LogP contribution >= 0.6 is 11.6 Å². The highest BCUT2D eigenvalue weighted by Gasteiger charge is 2.20. The molecule has 0 spiro atoms. The summed E-state index contributed by atoms with van der Waals surface area (Å²) in [5.74, 6) is 0.919. The van der Waals surface area contributed by atoms with Gasteiger partial charge in [-0.2, -0.15) is 0 Å². The van der Waals surface area contributed by atoms with Crippen molar-refractivity contribution in [2.24, 2.45) is 0 Å². The number of carbonyl (C=O) groups is 1. The number of rotatable bonds is 6. The van der Waals surface area contributed by atoms with Crippen LogP contribution in [0, 0.1) is 0 Å². The Morgan fingerprint density at radius 1 is 1.43 bits per heavy atom. The van der Waals surface area contributed by atoms with Gasteiger partial charge < -0.3 is 19.7 Å². The average molecular weight is 314 g/mol. The Bertz CT molecular complexity index is 508. The standard InChI is InChI=1S/C15H21ClN2O3/c1-3-17-14(19)8-18(4-2)7-11-5-13(16)6-12-9-20-10-21-15(11)12/h5-6H,3-4,7-10H2,1-2H3,(H,17,19)/p+1. The molecule has 0 aliphatic carbocycles. The summed E-state index contributed by atoms with van der Waals surface area (Å²) in [6, 6.07) is 3.79. The molecule has 2 N–H and O–H groups in total. The zero-order valence-corrected chi connectivity index (χ0v) is 13.3. The lowest BCUT2D eigenvalue weighted by Gasteiger charge is -2.23. The minimum atomic E-state index is 0.0643. The van der Waals surface area contributed by atoms with Crippen LogP contribution in [0.25, 0.3) is 0 Å². The van der Waals surface area contributed by atoms with Gasteiger partial charge >= 0.3 is 0 Å². The Balaban J connectivity index is 2.13. The van der Waals surface area contributed by atoms with E-state index in [1.807, 2.05) is 19.1 Å². The molecule has 1 aromatic carbocycles. The Kier molecular flexibility index (Phi) is 5.85. The molecule has 116 valence electrons. The third-order valence-electron chi connectivity index (χ3n) is 3.48. The van der Waals surface area contributed by atoms with Gasteiger partial charge in [-0.1, -0.05) is 11.6 Å². The second-order valence-corrected chi connectivity index (χ2v) is 5.51. The Labute approximate surface area is 130 Å². The van der Waals surface area contributed by atoms with E-state index in [9.17, 15) is 4.79 Å². The van der Waals surface area contributed by atoms with Gasteiger partial charge in [0, 0.05) is 17.1 Å². The average Bonchev–Trinajstić information content (AvgIpc) is 2.46. The zero-order valence-electron chi connectivity index (χ0n) is 12.5. The maximum Gasteiger partial charge on any atom is 0.275 e. The molecular formula is C15H22ClN2O3+. The zero-order chi connectivity index (χ0) is 15.2. The van der Waals surface area contributed by atoms with Gasteiger partial charge in [-0.3, -0.25) is 4.79 Å². The van der Waals surface area contributed by atoms with Crippen molar-refractivity contribution in [2.45, 2.75) is 27.0 Å². The van der Waals surface area contributed by atoms with Crippen LogP contribution in [0.4, 0.5) is 0 Å². The second-order valence-electron chi connectivity index (χ2n) is 5.07. The highest BCUT2D eigenvalue weighted by molar-refractivity contribution is 6.30. The summed E-state index contributed by atoms with van der Waals surface area (Å²) >= 11 is 6.16. The minimum Gasteiger partial charge on any atom is -0.467 e. The number of fused-ring (bicyclic) bond motifs is 1. The molecule has 0 bridgehead atoms. The fraction of sp³-hybridized carbons (Fsp3) is 0.533. The second kappa shape index (κ2) is 7.64. The predicted molar refractivity (Wildman–Crippen MR) is 80.5 cm³/mol. The number of hydrogen-bond acceptors (Lipinski definition) is 3. The number of likely N-dealkylation sites (N-methyl/N-ethyl adjacent to an activating group) is 2. The maximum absolute atomic E-state index is 11.7. The molecule has 0 saturated heterocycles. The van der Waals surface area contributed by atoms with Gasteiger partial charge in [0.1, 0.15) is 12.3 Å². The van der Waals surface area contributed by atoms with Crippen molar-refractivity contribution >= 4 is 17.5 Å². The van der Waals surface area contributed by atoms with Crippen molar-refractivity contribution < 1.29 is 19.2 Å². The monoisotopic (exact) mass is 313 g/mol. The normalized spacial score (nSPS) is 15.0. The minimum absolute atomic E-state index is 0.0643. The molecule has 0 radical (unpaired) electrons. The van der Waals surface area contributed by atoms with E-state index >= 15 is 0 Å². The Morgan fingerprint density at radius 2 is 2.24 bits per heavy atom. The molecule has 0 saturated carbocycles. The summed E-state index contributed by atoms with van der Waals surface area (Å²) in [6.07, 6.45) is 0. The van der Waals surface area contributed by atoms with E-state index in [4.69, 9.17) is 21.1 Å². The lowest BCUT2D eigenvalue weighted by molar-refractivity contribution is -0.904. The molecule has 1 amide bonds. The highest BCUT2D eigenvalue weighted by Crippen LogP contribution is 2.31. The molecule has 1 aliphatic heterocycles. The topological polar surface area (TPSA) is 52.0 Å². The number of amides is 1. The van der Waals surface area contributed by atoms with Gasteiger partial charge in [0.2, 0.25) is 0 Å². The molecule has 0 fully saturated rings. The van der Waals surface area contributed by atoms with E-state index in [0.717, 1.165) is 23.4 Å². The van der Waals surface area contributed by atoms with E-state index in [1.54, 1.807) is 0 Å². The molecule has 1 aromatic rings. The third kappa shape index (κ3) is 4.33. The third-order valence-corrected chi connectivity index (χ3v) is 3.69. The summed E-state index contributed by atoms with van der Waals surface area (Å²) in [5, 5.41) is 3.51. The van der Waals surface area contributed by atoms with Crippen LogP contribution in [0.3, 0.4) is 0 Å². The number of quaternary nitrogens is 1. The molecular weight excluding hydrogens is 292 g/mol. The first-order valence-corrected chi connectivity index (χ1v) is 7.64. The largest absolute Gasteiger partial charge is 0.467 e. The van der Waals surface area contributed by atoms with Crippen LogP contribution < -0.4 is 15.0 Å². The van der Waals surface area contributed by atoms with Crippen LogP contribution in [0.5, 0.6) is 5.75 Å². The number of hydrogen-bond donors (Lipinski definition) is 2. The van der Waals surface area contributed by atoms with Crippen molar-refractivity contribution in [3.8, 4) is 5.75 Å². The number of carbonyl (C=O) groups excluding carboxylic acids is 1. The summed E-state index contributed by atoms with van der Waals surface area (Å²) in [6.45, 7) is 7.43. The number of ether oxygens (including phenoxy) is 2. The van der Waals surface area contributed by atoms with E-state index in [-0.39, 0.29) is 12.7 Å². The number of benzene rings is 1. The van der Waals surface area contributed by atoms with Gasteiger partial charge in [0.15, 0.2) is 13.3 Å². The van der Waals surface area contributed by atoms with Crippen LogP contribution in [0.15, 0.2) is 12.1 Å². The van der Waals surface area contributed by atoms with Crippen molar-refractivity contribution in [3.63, 3.8) is 0 Å². The Hall–Kier alpha value is -1.30. The summed E-state index contributed by atoms with van der Waals surface area (Å²) < 4.78 is 10.9. The number of nitrogens with one attached hydrogen (secondary N) is 2. The maximum atomic E-state index is 11.7. The molecule has 21 heavy (non-hydrogen) atoms. The predicted octanol–water partition coefficient (Wildman–Crippen LogP) is 0.747. The molecule has 1 atom stereocenters. The van der Waals surface area contributed by atoms with Crippen LogP contribution in [-0.2, 0) is 22.7 Å². The van der Waals surface area contributed by atoms with Gasteiger partial charge in [0.05, 0.1) is 18.7 Å². The van der Waals surface area contributed by atoms with Crippen molar-refractivity contribution in [3.05, 3.63) is 28.3 Å². The first-order valence-electron chi connectivity index (χ1n) is 7.26. The van der Waals surface area contributed by atoms with Gasteiger partial charge in [-0.15, -0.1) is 0 Å². The van der Waals surface area contributed by atoms with Crippen LogP contribution in [0.1, 0.15) is 25.0 Å². The van der Waals surface area contributed by atoms with Crippen LogP contribution in [-0.4, -0.2) is 32.3 Å². The summed E-state index contributed by atoms with van der Waals surface area (Å²) in [7, 11) is 0. The quantitative estimate of drug-likeness (QED) is 0.815. The summed E-state index contributed by atoms with van der Waals surface area (Å²) in [4.78, 5) is 12.9. The molecule has 6 heteroatoms. The molecule has 1 aliphatic rings. The van der Waals surface area contributed by atoms with Crippen LogP contribution in [0.2, 0.25) is 5.02 Å². The molecule has 1 unspecified atom stereocenters. The molecule has 1 heterocycles. The molecule has 0 aromatic heterocycles. The van der Waals surface area contributed by atoms with E-state index in [0.29, 0.717) is 31.3 Å². The van der Waals surface area contributed by atoms with Crippen molar-refractivity contribution in [2.75, 3.05) is 26.4 Å². The van der Waals surface area contributed by atoms with Gasteiger partial charge in [-0.25, -0.2) is 0 Å². The lowest BCUT2D eigenvalue weighted by Crippen LogP contribution is -3.11. The molecule has 2 rings (SSSR count). The fourth-order valence-electron chi connectivity index (χ4n) is 2.46. The highest BCUT2D eigenvalue weighted by atomic mass is 35.5. The summed E-state index contributed by atoms with van der Waals surface area (Å²) in [5.41, 5.74) is 2.00. The Morgan fingerprint density at radius 3 is 2.95 bits per heavy atom. The van der Waals surface area contributed by atoms with Crippen molar-refractivity contribution in [1.29, 1.82) is 0 Å². The fourth-order valence-corrected chi connectivity index (χ4v) is 2.72. The first kappa shape index (κ1) is 16.1.